The Morgan fingerprint density at radius 2 is 1.84 bits per heavy atom. The average Bonchev–Trinajstić information content (AvgIpc) is 2.87. The van der Waals surface area contributed by atoms with E-state index in [0.717, 1.165) is 34.9 Å². The summed E-state index contributed by atoms with van der Waals surface area (Å²) in [5.41, 5.74) is -0.874. The maximum atomic E-state index is 13.2. The lowest BCUT2D eigenvalue weighted by molar-refractivity contribution is -0.137. The van der Waals surface area contributed by atoms with E-state index in [0.29, 0.717) is 11.3 Å². The van der Waals surface area contributed by atoms with Gasteiger partial charge < -0.3 is 0 Å². The van der Waals surface area contributed by atoms with Gasteiger partial charge in [-0.3, -0.25) is 9.59 Å². The Labute approximate surface area is 142 Å². The molecule has 0 fully saturated rings. The van der Waals surface area contributed by atoms with Crippen molar-refractivity contribution in [2.75, 3.05) is 0 Å². The van der Waals surface area contributed by atoms with E-state index in [-0.39, 0.29) is 15.8 Å². The molecule has 0 spiro atoms. The normalized spacial score (nSPS) is 12.2. The predicted octanol–water partition coefficient (Wildman–Crippen LogP) is 4.57. The second kappa shape index (κ2) is 6.29. The van der Waals surface area contributed by atoms with Crippen LogP contribution < -0.4 is 4.87 Å². The number of benzene rings is 2. The van der Waals surface area contributed by atoms with Gasteiger partial charge in [0.05, 0.1) is 15.8 Å². The molecular weight excluding hydrogens is 358 g/mol. The average molecular weight is 367 g/mol. The van der Waals surface area contributed by atoms with Gasteiger partial charge in [0.25, 0.3) is 5.91 Å². The molecule has 0 saturated carbocycles. The summed E-state index contributed by atoms with van der Waals surface area (Å²) in [4.78, 5) is 23.6. The monoisotopic (exact) mass is 367 g/mol. The Morgan fingerprint density at radius 1 is 1.12 bits per heavy atom. The highest BCUT2D eigenvalue weighted by Crippen LogP contribution is 2.32. The molecule has 0 aliphatic rings. The first-order valence-corrected chi connectivity index (χ1v) is 7.79. The van der Waals surface area contributed by atoms with E-state index < -0.39 is 28.3 Å². The van der Waals surface area contributed by atoms with Crippen LogP contribution in [-0.4, -0.2) is 10.5 Å². The molecule has 1 heterocycles. The molecule has 128 valence electrons. The van der Waals surface area contributed by atoms with Gasteiger partial charge in [0.15, 0.2) is 0 Å². The molecule has 3 nitrogen and oxygen atoms in total. The highest BCUT2D eigenvalue weighted by molar-refractivity contribution is 7.16. The van der Waals surface area contributed by atoms with Gasteiger partial charge >= 0.3 is 11.0 Å². The number of hydrogen-bond donors (Lipinski definition) is 0. The minimum Gasteiger partial charge on any atom is -0.269 e. The standard InChI is InChI=1S/C17H9F4NO2S/c18-11-6-7-13-14(9-11)25-16(24)22(13)15(23)8-5-10-3-1-2-4-12(10)17(19,20)21/h1-9H/b8-5+. The van der Waals surface area contributed by atoms with E-state index in [4.69, 9.17) is 0 Å². The molecular formula is C17H9F4NO2S. The number of halogens is 4. The molecule has 0 N–H and O–H groups in total. The van der Waals surface area contributed by atoms with Crippen molar-refractivity contribution < 1.29 is 22.4 Å². The molecule has 3 aromatic rings. The quantitative estimate of drug-likeness (QED) is 0.491. The SMILES string of the molecule is O=C(/C=C/c1ccccc1C(F)(F)F)n1c(=O)sc2cc(F)ccc21. The van der Waals surface area contributed by atoms with Gasteiger partial charge in [-0.25, -0.2) is 8.96 Å². The third kappa shape index (κ3) is 3.39. The summed E-state index contributed by atoms with van der Waals surface area (Å²) in [6, 6.07) is 8.27. The molecule has 2 aromatic carbocycles. The first kappa shape index (κ1) is 17.1. The zero-order valence-corrected chi connectivity index (χ0v) is 13.2. The number of nitrogens with zero attached hydrogens (tertiary/aromatic N) is 1. The van der Waals surface area contributed by atoms with Gasteiger partial charge in [-0.1, -0.05) is 29.5 Å². The summed E-state index contributed by atoms with van der Waals surface area (Å²) in [6.45, 7) is 0. The minimum atomic E-state index is -4.56. The summed E-state index contributed by atoms with van der Waals surface area (Å²) in [5.74, 6) is -1.36. The van der Waals surface area contributed by atoms with Crippen molar-refractivity contribution in [2.45, 2.75) is 6.18 Å². The van der Waals surface area contributed by atoms with Crippen LogP contribution in [0.3, 0.4) is 0 Å². The summed E-state index contributed by atoms with van der Waals surface area (Å²) in [6.07, 6.45) is -2.67. The van der Waals surface area contributed by atoms with Crippen LogP contribution in [0.1, 0.15) is 15.9 Å². The Balaban J connectivity index is 2.01. The predicted molar refractivity (Wildman–Crippen MR) is 87.1 cm³/mol. The van der Waals surface area contributed by atoms with E-state index in [1.165, 1.54) is 24.3 Å². The molecule has 0 radical (unpaired) electrons. The number of carbonyl (C=O) groups excluding carboxylic acids is 1. The van der Waals surface area contributed by atoms with Gasteiger partial charge in [0.1, 0.15) is 5.82 Å². The number of carbonyl (C=O) groups is 1. The lowest BCUT2D eigenvalue weighted by Crippen LogP contribution is -2.19. The van der Waals surface area contributed by atoms with Crippen LogP contribution in [0.5, 0.6) is 0 Å². The molecule has 25 heavy (non-hydrogen) atoms. The zero-order valence-electron chi connectivity index (χ0n) is 12.4. The largest absolute Gasteiger partial charge is 0.416 e. The first-order valence-electron chi connectivity index (χ1n) is 6.97. The Hall–Kier alpha value is -2.74. The van der Waals surface area contributed by atoms with Crippen LogP contribution in [0.25, 0.3) is 16.3 Å². The molecule has 0 amide bonds. The van der Waals surface area contributed by atoms with Crippen molar-refractivity contribution in [2.24, 2.45) is 0 Å². The van der Waals surface area contributed by atoms with E-state index in [2.05, 4.69) is 0 Å². The molecule has 8 heteroatoms. The van der Waals surface area contributed by atoms with Crippen LogP contribution in [0.4, 0.5) is 17.6 Å². The smallest absolute Gasteiger partial charge is 0.269 e. The van der Waals surface area contributed by atoms with Crippen molar-refractivity contribution in [1.82, 2.24) is 4.57 Å². The second-order valence-corrected chi connectivity index (χ2v) is 6.07. The van der Waals surface area contributed by atoms with E-state index in [1.54, 1.807) is 0 Å². The fourth-order valence-electron chi connectivity index (χ4n) is 2.34. The molecule has 0 aliphatic carbocycles. The highest BCUT2D eigenvalue weighted by atomic mass is 32.1. The van der Waals surface area contributed by atoms with Crippen molar-refractivity contribution >= 4 is 33.5 Å². The van der Waals surface area contributed by atoms with Gasteiger partial charge in [-0.2, -0.15) is 13.2 Å². The molecule has 1 aromatic heterocycles. The molecule has 3 rings (SSSR count). The van der Waals surface area contributed by atoms with Crippen molar-refractivity contribution in [1.29, 1.82) is 0 Å². The summed E-state index contributed by atoms with van der Waals surface area (Å²) >= 11 is 0.683. The van der Waals surface area contributed by atoms with Crippen LogP contribution in [0.2, 0.25) is 0 Å². The Bertz CT molecular complexity index is 1050. The zero-order chi connectivity index (χ0) is 18.2. The van der Waals surface area contributed by atoms with Crippen molar-refractivity contribution in [3.8, 4) is 0 Å². The summed E-state index contributed by atoms with van der Waals surface area (Å²) in [5, 5.41) is 0. The number of thiazole rings is 1. The number of allylic oxidation sites excluding steroid dienone is 1. The fourth-order valence-corrected chi connectivity index (χ4v) is 3.24. The van der Waals surface area contributed by atoms with Crippen LogP contribution in [0.15, 0.2) is 53.3 Å². The van der Waals surface area contributed by atoms with Crippen LogP contribution in [-0.2, 0) is 6.18 Å². The van der Waals surface area contributed by atoms with Gasteiger partial charge in [-0.05, 0) is 35.9 Å². The number of fused-ring (bicyclic) bond motifs is 1. The summed E-state index contributed by atoms with van der Waals surface area (Å²) in [7, 11) is 0. The van der Waals surface area contributed by atoms with Crippen LogP contribution >= 0.6 is 11.3 Å². The van der Waals surface area contributed by atoms with Crippen LogP contribution in [0, 0.1) is 5.82 Å². The van der Waals surface area contributed by atoms with Crippen molar-refractivity contribution in [3.63, 3.8) is 0 Å². The number of rotatable bonds is 2. The fraction of sp³-hybridized carbons (Fsp3) is 0.0588. The highest BCUT2D eigenvalue weighted by Gasteiger charge is 2.32. The third-order valence-corrected chi connectivity index (χ3v) is 4.34. The maximum Gasteiger partial charge on any atom is 0.416 e. The molecule has 0 bridgehead atoms. The summed E-state index contributed by atoms with van der Waals surface area (Å²) < 4.78 is 53.1. The van der Waals surface area contributed by atoms with E-state index in [9.17, 15) is 27.2 Å². The second-order valence-electron chi connectivity index (χ2n) is 5.07. The third-order valence-electron chi connectivity index (χ3n) is 3.43. The lowest BCUT2D eigenvalue weighted by atomic mass is 10.1. The van der Waals surface area contributed by atoms with Gasteiger partial charge in [0, 0.05) is 6.08 Å². The Morgan fingerprint density at radius 3 is 2.56 bits per heavy atom. The van der Waals surface area contributed by atoms with Gasteiger partial charge in [-0.15, -0.1) is 0 Å². The number of aromatic nitrogens is 1. The Kier molecular flexibility index (Phi) is 4.30. The lowest BCUT2D eigenvalue weighted by Gasteiger charge is -2.09. The van der Waals surface area contributed by atoms with E-state index >= 15 is 0 Å². The van der Waals surface area contributed by atoms with Gasteiger partial charge in [0.2, 0.25) is 0 Å². The maximum absolute atomic E-state index is 13.2. The van der Waals surface area contributed by atoms with E-state index in [1.807, 2.05) is 0 Å². The van der Waals surface area contributed by atoms with Crippen molar-refractivity contribution in [3.05, 3.63) is 75.2 Å². The number of hydrogen-bond acceptors (Lipinski definition) is 3. The number of alkyl halides is 3. The topological polar surface area (TPSA) is 39.1 Å². The minimum absolute atomic E-state index is 0.193. The molecule has 0 saturated heterocycles. The first-order chi connectivity index (χ1) is 11.8. The molecule has 0 atom stereocenters. The molecule has 0 aliphatic heterocycles. The molecule has 0 unspecified atom stereocenters.